The lowest BCUT2D eigenvalue weighted by Gasteiger charge is -2.05. The molecule has 0 N–H and O–H groups in total. The minimum absolute atomic E-state index is 0.168. The second kappa shape index (κ2) is 7.04. The molecule has 0 aliphatic rings. The second-order valence-electron chi connectivity index (χ2n) is 4.11. The van der Waals surface area contributed by atoms with Crippen molar-refractivity contribution in [2.75, 3.05) is 20.0 Å². The molecule has 1 rings (SSSR count). The number of sulfone groups is 1. The highest BCUT2D eigenvalue weighted by Crippen LogP contribution is 2.10. The monoisotopic (exact) mass is 300 g/mol. The van der Waals surface area contributed by atoms with Crippen LogP contribution in [0.4, 0.5) is 0 Å². The zero-order chi connectivity index (χ0) is 15.2. The molecule has 0 aliphatic carbocycles. The summed E-state index contributed by atoms with van der Waals surface area (Å²) >= 11 is 0. The molecule has 1 aromatic rings. The van der Waals surface area contributed by atoms with Crippen molar-refractivity contribution in [3.63, 3.8) is 0 Å². The van der Waals surface area contributed by atoms with Crippen molar-refractivity contribution in [1.82, 2.24) is 0 Å². The topological polar surface area (TPSA) is 86.7 Å². The van der Waals surface area contributed by atoms with Crippen LogP contribution in [0, 0.1) is 0 Å². The number of benzene rings is 1. The molecule has 0 bridgehead atoms. The summed E-state index contributed by atoms with van der Waals surface area (Å²) in [5.74, 6) is -1.50. The molecular formula is C13H16O6S. The molecule has 1 aromatic carbocycles. The zero-order valence-electron chi connectivity index (χ0n) is 11.3. The number of hydrogen-bond acceptors (Lipinski definition) is 6. The van der Waals surface area contributed by atoms with E-state index in [0.29, 0.717) is 11.1 Å². The first-order valence-electron chi connectivity index (χ1n) is 5.82. The fraction of sp³-hybridized carbons (Fsp3) is 0.385. The van der Waals surface area contributed by atoms with Crippen molar-refractivity contribution >= 4 is 21.8 Å². The van der Waals surface area contributed by atoms with Gasteiger partial charge in [-0.25, -0.2) is 13.2 Å². The van der Waals surface area contributed by atoms with Gasteiger partial charge in [0, 0.05) is 0 Å². The van der Waals surface area contributed by atoms with Crippen LogP contribution >= 0.6 is 0 Å². The van der Waals surface area contributed by atoms with Gasteiger partial charge in [0.05, 0.1) is 37.7 Å². The Balaban J connectivity index is 2.68. The first-order valence-corrected chi connectivity index (χ1v) is 7.64. The van der Waals surface area contributed by atoms with E-state index in [-0.39, 0.29) is 17.9 Å². The Kier molecular flexibility index (Phi) is 5.69. The number of methoxy groups -OCH3 is 2. The van der Waals surface area contributed by atoms with Gasteiger partial charge in [-0.05, 0) is 17.7 Å². The maximum Gasteiger partial charge on any atom is 0.337 e. The van der Waals surface area contributed by atoms with Crippen molar-refractivity contribution in [3.8, 4) is 0 Å². The van der Waals surface area contributed by atoms with Gasteiger partial charge in [-0.1, -0.05) is 12.1 Å². The maximum absolute atomic E-state index is 11.8. The van der Waals surface area contributed by atoms with Crippen molar-refractivity contribution in [2.45, 2.75) is 12.2 Å². The van der Waals surface area contributed by atoms with Crippen LogP contribution in [0.1, 0.15) is 22.3 Å². The SMILES string of the molecule is COC(=O)CCS(=O)(=O)Cc1ccc(C(=O)OC)cc1. The van der Waals surface area contributed by atoms with Crippen molar-refractivity contribution in [3.05, 3.63) is 35.4 Å². The Hall–Kier alpha value is -1.89. The van der Waals surface area contributed by atoms with Gasteiger partial charge in [-0.3, -0.25) is 4.79 Å². The number of rotatable bonds is 6. The Morgan fingerprint density at radius 1 is 1.05 bits per heavy atom. The van der Waals surface area contributed by atoms with Crippen LogP contribution in [0.25, 0.3) is 0 Å². The van der Waals surface area contributed by atoms with Gasteiger partial charge in [-0.2, -0.15) is 0 Å². The van der Waals surface area contributed by atoms with E-state index in [4.69, 9.17) is 0 Å². The molecule has 7 heteroatoms. The standard InChI is InChI=1S/C13H16O6S/c1-18-12(14)7-8-20(16,17)9-10-3-5-11(6-4-10)13(15)19-2/h3-6H,7-9H2,1-2H3. The van der Waals surface area contributed by atoms with Gasteiger partial charge in [0.1, 0.15) is 0 Å². The molecule has 0 fully saturated rings. The molecule has 0 saturated carbocycles. The van der Waals surface area contributed by atoms with E-state index in [9.17, 15) is 18.0 Å². The molecule has 6 nitrogen and oxygen atoms in total. The highest BCUT2D eigenvalue weighted by atomic mass is 32.2. The Morgan fingerprint density at radius 2 is 1.65 bits per heavy atom. The highest BCUT2D eigenvalue weighted by molar-refractivity contribution is 7.90. The molecule has 0 atom stereocenters. The largest absolute Gasteiger partial charge is 0.469 e. The van der Waals surface area contributed by atoms with Crippen molar-refractivity contribution in [2.24, 2.45) is 0 Å². The van der Waals surface area contributed by atoms with Gasteiger partial charge in [0.25, 0.3) is 0 Å². The van der Waals surface area contributed by atoms with Crippen LogP contribution in [0.15, 0.2) is 24.3 Å². The first kappa shape index (κ1) is 16.2. The van der Waals surface area contributed by atoms with E-state index in [0.717, 1.165) is 0 Å². The molecule has 0 unspecified atom stereocenters. The van der Waals surface area contributed by atoms with Crippen LogP contribution in [0.2, 0.25) is 0 Å². The van der Waals surface area contributed by atoms with E-state index < -0.39 is 21.8 Å². The zero-order valence-corrected chi connectivity index (χ0v) is 12.1. The van der Waals surface area contributed by atoms with E-state index in [1.165, 1.54) is 26.4 Å². The minimum Gasteiger partial charge on any atom is -0.469 e. The maximum atomic E-state index is 11.8. The van der Waals surface area contributed by atoms with Crippen LogP contribution < -0.4 is 0 Å². The third-order valence-electron chi connectivity index (χ3n) is 2.61. The molecule has 0 amide bonds. The summed E-state index contributed by atoms with van der Waals surface area (Å²) in [6, 6.07) is 6.08. The molecule has 0 aromatic heterocycles. The predicted molar refractivity (Wildman–Crippen MR) is 71.9 cm³/mol. The number of esters is 2. The van der Waals surface area contributed by atoms with Gasteiger partial charge in [0.2, 0.25) is 0 Å². The smallest absolute Gasteiger partial charge is 0.337 e. The van der Waals surface area contributed by atoms with E-state index in [1.807, 2.05) is 0 Å². The van der Waals surface area contributed by atoms with Gasteiger partial charge >= 0.3 is 11.9 Å². The minimum atomic E-state index is -3.40. The molecule has 20 heavy (non-hydrogen) atoms. The molecule has 0 heterocycles. The quantitative estimate of drug-likeness (QED) is 0.727. The summed E-state index contributed by atoms with van der Waals surface area (Å²) in [6.07, 6.45) is -0.168. The second-order valence-corrected chi connectivity index (χ2v) is 6.29. The van der Waals surface area contributed by atoms with Crippen LogP contribution in [-0.2, 0) is 29.9 Å². The van der Waals surface area contributed by atoms with Gasteiger partial charge in [0.15, 0.2) is 9.84 Å². The highest BCUT2D eigenvalue weighted by Gasteiger charge is 2.15. The number of carbonyl (C=O) groups excluding carboxylic acids is 2. The lowest BCUT2D eigenvalue weighted by molar-refractivity contribution is -0.140. The Bertz CT molecular complexity index is 573. The fourth-order valence-corrected chi connectivity index (χ4v) is 2.84. The van der Waals surface area contributed by atoms with Crippen LogP contribution in [0.5, 0.6) is 0 Å². The Morgan fingerprint density at radius 3 is 2.15 bits per heavy atom. The molecule has 0 aliphatic heterocycles. The summed E-state index contributed by atoms with van der Waals surface area (Å²) < 4.78 is 32.5. The van der Waals surface area contributed by atoms with Crippen LogP contribution in [0.3, 0.4) is 0 Å². The predicted octanol–water partition coefficient (Wildman–Crippen LogP) is 0.951. The van der Waals surface area contributed by atoms with E-state index in [2.05, 4.69) is 9.47 Å². The van der Waals surface area contributed by atoms with Gasteiger partial charge < -0.3 is 9.47 Å². The summed E-state index contributed by atoms with van der Waals surface area (Å²) in [5.41, 5.74) is 0.894. The third-order valence-corrected chi connectivity index (χ3v) is 4.21. The average molecular weight is 300 g/mol. The molecule has 110 valence electrons. The molecular weight excluding hydrogens is 284 g/mol. The lowest BCUT2D eigenvalue weighted by atomic mass is 10.1. The van der Waals surface area contributed by atoms with Gasteiger partial charge in [-0.15, -0.1) is 0 Å². The van der Waals surface area contributed by atoms with Crippen molar-refractivity contribution in [1.29, 1.82) is 0 Å². The molecule has 0 radical (unpaired) electrons. The number of ether oxygens (including phenoxy) is 2. The summed E-state index contributed by atoms with van der Waals surface area (Å²) in [5, 5.41) is 0. The lowest BCUT2D eigenvalue weighted by Crippen LogP contribution is -2.14. The van der Waals surface area contributed by atoms with E-state index >= 15 is 0 Å². The molecule has 0 spiro atoms. The number of hydrogen-bond donors (Lipinski definition) is 0. The summed E-state index contributed by atoms with van der Waals surface area (Å²) in [6.45, 7) is 0. The summed E-state index contributed by atoms with van der Waals surface area (Å²) in [7, 11) is -0.915. The normalized spacial score (nSPS) is 10.9. The third kappa shape index (κ3) is 5.00. The van der Waals surface area contributed by atoms with E-state index in [1.54, 1.807) is 12.1 Å². The van der Waals surface area contributed by atoms with Crippen molar-refractivity contribution < 1.29 is 27.5 Å². The average Bonchev–Trinajstić information content (AvgIpc) is 2.44. The molecule has 0 saturated heterocycles. The fourth-order valence-electron chi connectivity index (χ4n) is 1.52. The first-order chi connectivity index (χ1) is 9.38. The number of carbonyl (C=O) groups is 2. The Labute approximate surface area is 117 Å². The van der Waals surface area contributed by atoms with Crippen LogP contribution in [-0.4, -0.2) is 40.3 Å². The summed E-state index contributed by atoms with van der Waals surface area (Å²) in [4.78, 5) is 22.2.